The van der Waals surface area contributed by atoms with E-state index in [0.29, 0.717) is 29.4 Å². The number of carboxylic acid groups (broad SMARTS) is 1. The van der Waals surface area contributed by atoms with E-state index in [1.807, 2.05) is 0 Å². The third-order valence-electron chi connectivity index (χ3n) is 2.59. The van der Waals surface area contributed by atoms with E-state index in [1.54, 1.807) is 25.1 Å². The Morgan fingerprint density at radius 1 is 1.47 bits per heavy atom. The zero-order valence-electron chi connectivity index (χ0n) is 10.6. The number of hydrogen-bond donors (Lipinski definition) is 2. The largest absolute Gasteiger partial charge is 0.497 e. The predicted molar refractivity (Wildman–Crippen MR) is 68.5 cm³/mol. The average Bonchev–Trinajstić information content (AvgIpc) is 2.81. The van der Waals surface area contributed by atoms with Crippen LogP contribution < -0.4 is 10.1 Å². The van der Waals surface area contributed by atoms with Crippen LogP contribution in [0.2, 0.25) is 0 Å². The van der Waals surface area contributed by atoms with Gasteiger partial charge in [0, 0.05) is 12.1 Å². The number of aryl methyl sites for hydroxylation is 1. The Morgan fingerprint density at radius 2 is 2.26 bits per heavy atom. The summed E-state index contributed by atoms with van der Waals surface area (Å²) in [6.45, 7) is 2.18. The number of methoxy groups -OCH3 is 1. The summed E-state index contributed by atoms with van der Waals surface area (Å²) in [5, 5.41) is 16.0. The van der Waals surface area contributed by atoms with E-state index in [4.69, 9.17) is 14.4 Å². The van der Waals surface area contributed by atoms with Crippen molar-refractivity contribution < 1.29 is 19.2 Å². The van der Waals surface area contributed by atoms with Crippen molar-refractivity contribution in [2.24, 2.45) is 0 Å². The van der Waals surface area contributed by atoms with Crippen molar-refractivity contribution in [1.29, 1.82) is 0 Å². The van der Waals surface area contributed by atoms with Gasteiger partial charge in [0.05, 0.1) is 24.9 Å². The van der Waals surface area contributed by atoms with Gasteiger partial charge in [0.25, 0.3) is 0 Å². The monoisotopic (exact) mass is 262 g/mol. The number of aromatic nitrogens is 1. The molecular weight excluding hydrogens is 248 g/mol. The second-order valence-electron chi connectivity index (χ2n) is 4.00. The van der Waals surface area contributed by atoms with E-state index in [1.165, 1.54) is 13.2 Å². The first-order valence-electron chi connectivity index (χ1n) is 5.67. The second kappa shape index (κ2) is 5.43. The summed E-state index contributed by atoms with van der Waals surface area (Å²) in [5.41, 5.74) is 1.37. The highest BCUT2D eigenvalue weighted by molar-refractivity contribution is 5.94. The van der Waals surface area contributed by atoms with Crippen LogP contribution in [0.3, 0.4) is 0 Å². The first-order valence-corrected chi connectivity index (χ1v) is 5.67. The van der Waals surface area contributed by atoms with Gasteiger partial charge in [0.2, 0.25) is 0 Å². The Kier molecular flexibility index (Phi) is 3.70. The molecular formula is C13H14N2O4. The normalized spacial score (nSPS) is 10.2. The highest BCUT2D eigenvalue weighted by Gasteiger charge is 2.11. The van der Waals surface area contributed by atoms with Gasteiger partial charge in [-0.1, -0.05) is 5.16 Å². The Bertz CT molecular complexity index is 592. The Hall–Kier alpha value is -2.50. The molecule has 100 valence electrons. The van der Waals surface area contributed by atoms with E-state index < -0.39 is 5.97 Å². The van der Waals surface area contributed by atoms with Crippen LogP contribution in [0.1, 0.15) is 21.8 Å². The van der Waals surface area contributed by atoms with Gasteiger partial charge in [-0.15, -0.1) is 0 Å². The lowest BCUT2D eigenvalue weighted by Gasteiger charge is -2.10. The molecule has 0 radical (unpaired) electrons. The summed E-state index contributed by atoms with van der Waals surface area (Å²) in [6.07, 6.45) is 0. The summed E-state index contributed by atoms with van der Waals surface area (Å²) in [5.74, 6) is 0.297. The quantitative estimate of drug-likeness (QED) is 0.860. The van der Waals surface area contributed by atoms with Gasteiger partial charge in [-0.25, -0.2) is 4.79 Å². The van der Waals surface area contributed by atoms with Crippen LogP contribution in [0.5, 0.6) is 5.75 Å². The molecule has 19 heavy (non-hydrogen) atoms. The molecule has 0 amide bonds. The van der Waals surface area contributed by atoms with E-state index in [9.17, 15) is 4.79 Å². The fourth-order valence-corrected chi connectivity index (χ4v) is 1.67. The van der Waals surface area contributed by atoms with Crippen molar-refractivity contribution in [3.8, 4) is 5.75 Å². The van der Waals surface area contributed by atoms with Crippen LogP contribution in [-0.2, 0) is 6.54 Å². The van der Waals surface area contributed by atoms with Crippen LogP contribution in [-0.4, -0.2) is 23.3 Å². The van der Waals surface area contributed by atoms with E-state index in [2.05, 4.69) is 10.5 Å². The summed E-state index contributed by atoms with van der Waals surface area (Å²) in [6, 6.07) is 6.52. The number of carbonyl (C=O) groups is 1. The Balaban J connectivity index is 2.19. The molecule has 0 aliphatic rings. The molecule has 2 rings (SSSR count). The fourth-order valence-electron chi connectivity index (χ4n) is 1.67. The SMILES string of the molecule is COc1ccc(C(=O)O)c(NCc2cc(C)on2)c1. The van der Waals surface area contributed by atoms with Crippen molar-refractivity contribution in [2.75, 3.05) is 12.4 Å². The number of anilines is 1. The number of nitrogens with one attached hydrogen (secondary N) is 1. The van der Waals surface area contributed by atoms with Crippen LogP contribution in [0.25, 0.3) is 0 Å². The third-order valence-corrected chi connectivity index (χ3v) is 2.59. The summed E-state index contributed by atoms with van der Waals surface area (Å²) < 4.78 is 10.0. The van der Waals surface area contributed by atoms with E-state index in [0.717, 1.165) is 0 Å². The molecule has 2 aromatic rings. The van der Waals surface area contributed by atoms with Gasteiger partial charge in [0.15, 0.2) is 0 Å². The molecule has 2 N–H and O–H groups in total. The van der Waals surface area contributed by atoms with E-state index in [-0.39, 0.29) is 5.56 Å². The summed E-state index contributed by atoms with van der Waals surface area (Å²) in [7, 11) is 1.53. The fraction of sp³-hybridized carbons (Fsp3) is 0.231. The number of aromatic carboxylic acids is 1. The lowest BCUT2D eigenvalue weighted by molar-refractivity contribution is 0.0698. The lowest BCUT2D eigenvalue weighted by atomic mass is 10.1. The molecule has 0 bridgehead atoms. The highest BCUT2D eigenvalue weighted by atomic mass is 16.5. The third kappa shape index (κ3) is 3.04. The molecule has 1 aromatic carbocycles. The lowest BCUT2D eigenvalue weighted by Crippen LogP contribution is -2.06. The minimum Gasteiger partial charge on any atom is -0.497 e. The average molecular weight is 262 g/mol. The maximum absolute atomic E-state index is 11.1. The molecule has 0 atom stereocenters. The standard InChI is InChI=1S/C13H14N2O4/c1-8-5-9(15-19-8)7-14-12-6-10(18-2)3-4-11(12)13(16)17/h3-6,14H,7H2,1-2H3,(H,16,17). The first kappa shape index (κ1) is 12.9. The molecule has 1 heterocycles. The second-order valence-corrected chi connectivity index (χ2v) is 4.00. The molecule has 0 aliphatic heterocycles. The maximum atomic E-state index is 11.1. The number of ether oxygens (including phenoxy) is 1. The predicted octanol–water partition coefficient (Wildman–Crippen LogP) is 2.30. The van der Waals surface area contributed by atoms with Gasteiger partial charge in [-0.05, 0) is 19.1 Å². The number of benzene rings is 1. The van der Waals surface area contributed by atoms with Crippen molar-refractivity contribution in [1.82, 2.24) is 5.16 Å². The molecule has 0 spiro atoms. The van der Waals surface area contributed by atoms with Crippen molar-refractivity contribution in [3.05, 3.63) is 41.3 Å². The smallest absolute Gasteiger partial charge is 0.337 e. The molecule has 0 unspecified atom stereocenters. The Labute approximate surface area is 110 Å². The number of carboxylic acids is 1. The number of hydrogen-bond acceptors (Lipinski definition) is 5. The summed E-state index contributed by atoms with van der Waals surface area (Å²) in [4.78, 5) is 11.1. The van der Waals surface area contributed by atoms with Gasteiger partial charge in [-0.3, -0.25) is 0 Å². The van der Waals surface area contributed by atoms with Crippen molar-refractivity contribution >= 4 is 11.7 Å². The van der Waals surface area contributed by atoms with Crippen LogP contribution in [0, 0.1) is 6.92 Å². The summed E-state index contributed by atoms with van der Waals surface area (Å²) >= 11 is 0. The Morgan fingerprint density at radius 3 is 2.84 bits per heavy atom. The molecule has 0 saturated heterocycles. The van der Waals surface area contributed by atoms with Gasteiger partial charge in [-0.2, -0.15) is 0 Å². The van der Waals surface area contributed by atoms with Crippen LogP contribution in [0.15, 0.2) is 28.8 Å². The molecule has 0 saturated carbocycles. The van der Waals surface area contributed by atoms with E-state index >= 15 is 0 Å². The molecule has 0 aliphatic carbocycles. The van der Waals surface area contributed by atoms with Gasteiger partial charge >= 0.3 is 5.97 Å². The molecule has 1 aromatic heterocycles. The van der Waals surface area contributed by atoms with Crippen molar-refractivity contribution in [2.45, 2.75) is 13.5 Å². The number of rotatable bonds is 5. The molecule has 0 fully saturated rings. The first-order chi connectivity index (χ1) is 9.10. The zero-order chi connectivity index (χ0) is 13.8. The van der Waals surface area contributed by atoms with Crippen molar-refractivity contribution in [3.63, 3.8) is 0 Å². The molecule has 6 heteroatoms. The van der Waals surface area contributed by atoms with Gasteiger partial charge < -0.3 is 19.7 Å². The van der Waals surface area contributed by atoms with Gasteiger partial charge in [0.1, 0.15) is 17.2 Å². The minimum atomic E-state index is -0.999. The van der Waals surface area contributed by atoms with Crippen LogP contribution >= 0.6 is 0 Å². The highest BCUT2D eigenvalue weighted by Crippen LogP contribution is 2.23. The zero-order valence-corrected chi connectivity index (χ0v) is 10.6. The molecule has 6 nitrogen and oxygen atoms in total. The maximum Gasteiger partial charge on any atom is 0.337 e. The topological polar surface area (TPSA) is 84.6 Å². The number of nitrogens with zero attached hydrogens (tertiary/aromatic N) is 1. The van der Waals surface area contributed by atoms with Crippen LogP contribution in [0.4, 0.5) is 5.69 Å². The minimum absolute atomic E-state index is 0.181.